The quantitative estimate of drug-likeness (QED) is 0.568. The van der Waals surface area contributed by atoms with Crippen molar-refractivity contribution in [3.8, 4) is 0 Å². The molecule has 3 N–H and O–H groups in total. The molecule has 2 atom stereocenters. The average molecular weight is 456 g/mol. The number of aliphatic carboxylic acids is 2. The summed E-state index contributed by atoms with van der Waals surface area (Å²) >= 11 is 8.07. The largest absolute Gasteiger partial charge is 0.481 e. The minimum atomic E-state index is -1.79. The van der Waals surface area contributed by atoms with E-state index in [0.717, 1.165) is 25.1 Å². The average Bonchev–Trinajstić information content (AvgIpc) is 3.17. The lowest BCUT2D eigenvalue weighted by atomic mass is 10.0. The van der Waals surface area contributed by atoms with Gasteiger partial charge in [0.1, 0.15) is 6.04 Å². The number of thiophene rings is 1. The van der Waals surface area contributed by atoms with Crippen LogP contribution in [0, 0.1) is 0 Å². The number of rotatable bonds is 6. The molecule has 3 rings (SSSR count). The predicted octanol–water partition coefficient (Wildman–Crippen LogP) is 2.58. The summed E-state index contributed by atoms with van der Waals surface area (Å²) in [5.74, 6) is -3.11. The molecule has 162 valence electrons. The van der Waals surface area contributed by atoms with Crippen LogP contribution in [-0.4, -0.2) is 57.9 Å². The van der Waals surface area contributed by atoms with Crippen LogP contribution < -0.4 is 0 Å². The Balaban J connectivity index is 0.000000303. The molecule has 0 amide bonds. The number of ether oxygens (including phenoxy) is 1. The number of hydrogen-bond acceptors (Lipinski definition) is 7. The molecule has 1 aromatic heterocycles. The molecule has 0 spiro atoms. The van der Waals surface area contributed by atoms with Crippen molar-refractivity contribution in [2.24, 2.45) is 0 Å². The summed E-state index contributed by atoms with van der Waals surface area (Å²) in [6.45, 7) is 1.59. The monoisotopic (exact) mass is 455 g/mol. The first-order valence-corrected chi connectivity index (χ1v) is 10.2. The number of aliphatic hydroxyl groups is 1. The minimum Gasteiger partial charge on any atom is -0.481 e. The van der Waals surface area contributed by atoms with Gasteiger partial charge in [0.15, 0.2) is 6.10 Å². The van der Waals surface area contributed by atoms with Crippen LogP contribution in [0.15, 0.2) is 35.7 Å². The fourth-order valence-electron chi connectivity index (χ4n) is 3.02. The van der Waals surface area contributed by atoms with E-state index in [2.05, 4.69) is 16.3 Å². The Morgan fingerprint density at radius 2 is 1.93 bits per heavy atom. The molecule has 0 saturated carbocycles. The zero-order valence-corrected chi connectivity index (χ0v) is 17.7. The maximum atomic E-state index is 12.3. The third-order valence-corrected chi connectivity index (χ3v) is 5.85. The van der Waals surface area contributed by atoms with Gasteiger partial charge in [0.05, 0.1) is 13.5 Å². The van der Waals surface area contributed by atoms with Crippen LogP contribution in [-0.2, 0) is 32.1 Å². The van der Waals surface area contributed by atoms with Crippen molar-refractivity contribution in [3.63, 3.8) is 0 Å². The number of halogens is 1. The molecule has 2 aromatic rings. The van der Waals surface area contributed by atoms with E-state index in [1.807, 2.05) is 24.3 Å². The number of carbonyl (C=O) groups is 3. The summed E-state index contributed by atoms with van der Waals surface area (Å²) in [7, 11) is 1.42. The lowest BCUT2D eigenvalue weighted by Crippen LogP contribution is -2.38. The Bertz CT molecular complexity index is 901. The third kappa shape index (κ3) is 6.27. The summed E-state index contributed by atoms with van der Waals surface area (Å²) in [6.07, 6.45) is -1.58. The molecular formula is C20H22ClNO7S. The standard InChI is InChI=1S/C16H16ClNO2S.C4H6O5/c1-20-16(19)15(12-4-2-3-5-13(12)17)18-8-6-14-11(10-18)7-9-21-14;5-2(4(8)9)1-3(6)7/h2-5,7,9,15H,6,8,10H2,1H3;2,5H,1H2,(H,6,7)(H,8,9)/t15-;/m0./s1. The number of nitrogens with zero attached hydrogens (tertiary/aromatic N) is 1. The fraction of sp³-hybridized carbons (Fsp3) is 0.350. The van der Waals surface area contributed by atoms with Crippen molar-refractivity contribution in [1.29, 1.82) is 0 Å². The van der Waals surface area contributed by atoms with E-state index >= 15 is 0 Å². The number of aliphatic hydroxyl groups excluding tert-OH is 1. The zero-order valence-electron chi connectivity index (χ0n) is 16.2. The van der Waals surface area contributed by atoms with Gasteiger partial charge in [-0.2, -0.15) is 0 Å². The van der Waals surface area contributed by atoms with Crippen LogP contribution in [0.25, 0.3) is 0 Å². The van der Waals surface area contributed by atoms with Crippen LogP contribution >= 0.6 is 22.9 Å². The summed E-state index contributed by atoms with van der Waals surface area (Å²) in [6, 6.07) is 9.16. The van der Waals surface area contributed by atoms with Crippen molar-refractivity contribution >= 4 is 40.8 Å². The maximum absolute atomic E-state index is 12.3. The maximum Gasteiger partial charge on any atom is 0.333 e. The summed E-state index contributed by atoms with van der Waals surface area (Å²) < 4.78 is 5.01. The van der Waals surface area contributed by atoms with Gasteiger partial charge in [0.25, 0.3) is 0 Å². The molecule has 0 aliphatic carbocycles. The lowest BCUT2D eigenvalue weighted by Gasteiger charge is -2.33. The number of carbonyl (C=O) groups excluding carboxylic acids is 1. The fourth-order valence-corrected chi connectivity index (χ4v) is 4.15. The Hall–Kier alpha value is -2.46. The predicted molar refractivity (Wildman–Crippen MR) is 111 cm³/mol. The van der Waals surface area contributed by atoms with Gasteiger partial charge in [-0.25, -0.2) is 9.59 Å². The number of benzene rings is 1. The Morgan fingerprint density at radius 3 is 2.50 bits per heavy atom. The molecule has 30 heavy (non-hydrogen) atoms. The minimum absolute atomic E-state index is 0.262. The molecule has 0 fully saturated rings. The molecule has 8 nitrogen and oxygen atoms in total. The van der Waals surface area contributed by atoms with E-state index in [9.17, 15) is 14.4 Å². The molecule has 0 bridgehead atoms. The van der Waals surface area contributed by atoms with E-state index in [4.69, 9.17) is 31.7 Å². The van der Waals surface area contributed by atoms with E-state index < -0.39 is 30.5 Å². The van der Waals surface area contributed by atoms with Gasteiger partial charge in [-0.3, -0.25) is 9.69 Å². The van der Waals surface area contributed by atoms with Crippen molar-refractivity contribution in [2.45, 2.75) is 31.5 Å². The molecule has 0 saturated heterocycles. The van der Waals surface area contributed by atoms with Crippen molar-refractivity contribution in [2.75, 3.05) is 13.7 Å². The number of fused-ring (bicyclic) bond motifs is 1. The normalized spacial score (nSPS) is 15.2. The molecule has 10 heteroatoms. The summed E-state index contributed by atoms with van der Waals surface area (Å²) in [5.41, 5.74) is 2.11. The van der Waals surface area contributed by atoms with Crippen molar-refractivity contribution < 1.29 is 34.4 Å². The first-order chi connectivity index (χ1) is 14.2. The third-order valence-electron chi connectivity index (χ3n) is 4.48. The second kappa shape index (κ2) is 11.1. The Labute approximate surface area is 182 Å². The molecule has 1 unspecified atom stereocenters. The topological polar surface area (TPSA) is 124 Å². The highest BCUT2D eigenvalue weighted by atomic mass is 35.5. The number of carboxylic acids is 2. The highest BCUT2D eigenvalue weighted by Crippen LogP contribution is 2.33. The van der Waals surface area contributed by atoms with Crippen LogP contribution in [0.2, 0.25) is 5.02 Å². The Morgan fingerprint density at radius 1 is 1.23 bits per heavy atom. The van der Waals surface area contributed by atoms with E-state index in [1.54, 1.807) is 11.3 Å². The van der Waals surface area contributed by atoms with Gasteiger partial charge in [-0.15, -0.1) is 11.3 Å². The molecule has 1 aromatic carbocycles. The zero-order chi connectivity index (χ0) is 22.3. The smallest absolute Gasteiger partial charge is 0.333 e. The van der Waals surface area contributed by atoms with E-state index in [-0.39, 0.29) is 5.97 Å². The number of hydrogen-bond donors (Lipinski definition) is 3. The van der Waals surface area contributed by atoms with Gasteiger partial charge >= 0.3 is 17.9 Å². The van der Waals surface area contributed by atoms with E-state index in [1.165, 1.54) is 17.6 Å². The number of methoxy groups -OCH3 is 1. The molecular weight excluding hydrogens is 434 g/mol. The van der Waals surface area contributed by atoms with Crippen LogP contribution in [0.1, 0.15) is 28.5 Å². The van der Waals surface area contributed by atoms with Gasteiger partial charge < -0.3 is 20.1 Å². The van der Waals surface area contributed by atoms with Crippen molar-refractivity contribution in [3.05, 3.63) is 56.7 Å². The highest BCUT2D eigenvalue weighted by Gasteiger charge is 2.32. The lowest BCUT2D eigenvalue weighted by molar-refractivity contribution is -0.152. The van der Waals surface area contributed by atoms with Crippen LogP contribution in [0.5, 0.6) is 0 Å². The van der Waals surface area contributed by atoms with Gasteiger partial charge in [-0.1, -0.05) is 29.8 Å². The van der Waals surface area contributed by atoms with Crippen LogP contribution in [0.4, 0.5) is 0 Å². The van der Waals surface area contributed by atoms with Gasteiger partial charge in [0.2, 0.25) is 0 Å². The first-order valence-electron chi connectivity index (χ1n) is 8.98. The summed E-state index contributed by atoms with van der Waals surface area (Å²) in [5, 5.41) is 26.9. The van der Waals surface area contributed by atoms with Gasteiger partial charge in [-0.05, 0) is 35.1 Å². The second-order valence-electron chi connectivity index (χ2n) is 6.49. The number of carboxylic acid groups (broad SMARTS) is 2. The Kier molecular flexibility index (Phi) is 8.79. The van der Waals surface area contributed by atoms with Crippen molar-refractivity contribution in [1.82, 2.24) is 4.90 Å². The number of esters is 1. The van der Waals surface area contributed by atoms with E-state index in [0.29, 0.717) is 5.02 Å². The molecule has 1 aliphatic heterocycles. The van der Waals surface area contributed by atoms with Gasteiger partial charge in [0, 0.05) is 23.0 Å². The molecule has 2 heterocycles. The molecule has 1 aliphatic rings. The van der Waals surface area contributed by atoms with Crippen LogP contribution in [0.3, 0.4) is 0 Å². The second-order valence-corrected chi connectivity index (χ2v) is 7.90. The summed E-state index contributed by atoms with van der Waals surface area (Å²) in [4.78, 5) is 35.3. The first kappa shape index (κ1) is 23.8. The SMILES string of the molecule is COC(=O)[C@H](c1ccccc1Cl)N1CCc2sccc2C1.O=C(O)CC(O)C(=O)O. The molecule has 0 radical (unpaired) electrons. The highest BCUT2D eigenvalue weighted by molar-refractivity contribution is 7.10.